The van der Waals surface area contributed by atoms with Crippen molar-refractivity contribution in [1.29, 1.82) is 0 Å². The number of methoxy groups -OCH3 is 1. The molecule has 1 atom stereocenters. The van der Waals surface area contributed by atoms with Gasteiger partial charge in [0.1, 0.15) is 5.75 Å². The SMILES string of the molecule is COc1cccc([C@@H](CC(=O)O)NC(=O)Nc2ccccc2)c1. The van der Waals surface area contributed by atoms with E-state index in [1.54, 1.807) is 48.5 Å². The monoisotopic (exact) mass is 314 g/mol. The smallest absolute Gasteiger partial charge is 0.319 e. The molecule has 0 aromatic heterocycles. The molecule has 6 heteroatoms. The Bertz CT molecular complexity index is 673. The topological polar surface area (TPSA) is 87.7 Å². The van der Waals surface area contributed by atoms with E-state index in [0.717, 1.165) is 0 Å². The van der Waals surface area contributed by atoms with Crippen LogP contribution in [0.15, 0.2) is 54.6 Å². The summed E-state index contributed by atoms with van der Waals surface area (Å²) in [6.07, 6.45) is -0.227. The molecule has 0 saturated carbocycles. The lowest BCUT2D eigenvalue weighted by molar-refractivity contribution is -0.137. The van der Waals surface area contributed by atoms with E-state index in [-0.39, 0.29) is 6.42 Å². The number of ether oxygens (including phenoxy) is 1. The van der Waals surface area contributed by atoms with Gasteiger partial charge in [-0.2, -0.15) is 0 Å². The maximum atomic E-state index is 12.1. The first-order valence-electron chi connectivity index (χ1n) is 7.07. The van der Waals surface area contributed by atoms with E-state index in [1.807, 2.05) is 6.07 Å². The lowest BCUT2D eigenvalue weighted by Crippen LogP contribution is -2.33. The van der Waals surface area contributed by atoms with Crippen LogP contribution in [-0.4, -0.2) is 24.2 Å². The van der Waals surface area contributed by atoms with E-state index >= 15 is 0 Å². The van der Waals surface area contributed by atoms with E-state index in [9.17, 15) is 9.59 Å². The zero-order valence-corrected chi connectivity index (χ0v) is 12.7. The predicted molar refractivity (Wildman–Crippen MR) is 86.6 cm³/mol. The maximum Gasteiger partial charge on any atom is 0.319 e. The van der Waals surface area contributed by atoms with Gasteiger partial charge in [0.25, 0.3) is 0 Å². The number of hydrogen-bond acceptors (Lipinski definition) is 3. The molecule has 0 aliphatic rings. The van der Waals surface area contributed by atoms with Crippen LogP contribution >= 0.6 is 0 Å². The van der Waals surface area contributed by atoms with Crippen molar-refractivity contribution in [2.45, 2.75) is 12.5 Å². The van der Waals surface area contributed by atoms with E-state index in [2.05, 4.69) is 10.6 Å². The van der Waals surface area contributed by atoms with Crippen molar-refractivity contribution in [1.82, 2.24) is 5.32 Å². The highest BCUT2D eigenvalue weighted by atomic mass is 16.5. The summed E-state index contributed by atoms with van der Waals surface area (Å²) in [4.78, 5) is 23.2. The molecule has 3 N–H and O–H groups in total. The Kier molecular flexibility index (Phi) is 5.57. The Morgan fingerprint density at radius 3 is 2.52 bits per heavy atom. The second kappa shape index (κ2) is 7.84. The fourth-order valence-corrected chi connectivity index (χ4v) is 2.13. The number of urea groups is 1. The largest absolute Gasteiger partial charge is 0.497 e. The number of carbonyl (C=O) groups excluding carboxylic acids is 1. The van der Waals surface area contributed by atoms with Crippen LogP contribution in [-0.2, 0) is 4.79 Å². The van der Waals surface area contributed by atoms with Crippen LogP contribution in [0.3, 0.4) is 0 Å². The number of amides is 2. The van der Waals surface area contributed by atoms with Crippen LogP contribution in [0.2, 0.25) is 0 Å². The number of carboxylic acids is 1. The summed E-state index contributed by atoms with van der Waals surface area (Å²) in [6, 6.07) is 14.8. The molecule has 0 bridgehead atoms. The van der Waals surface area contributed by atoms with Gasteiger partial charge in [-0.05, 0) is 29.8 Å². The standard InChI is InChI=1S/C17H18N2O4/c1-23-14-9-5-6-12(10-14)15(11-16(20)21)19-17(22)18-13-7-3-2-4-8-13/h2-10,15H,11H2,1H3,(H,20,21)(H2,18,19,22)/t15-/m1/s1. The fraction of sp³-hybridized carbons (Fsp3) is 0.176. The van der Waals surface area contributed by atoms with Gasteiger partial charge in [-0.3, -0.25) is 4.79 Å². The van der Waals surface area contributed by atoms with Crippen LogP contribution in [0.25, 0.3) is 0 Å². The lowest BCUT2D eigenvalue weighted by Gasteiger charge is -2.18. The van der Waals surface area contributed by atoms with E-state index in [1.165, 1.54) is 7.11 Å². The van der Waals surface area contributed by atoms with Crippen molar-refractivity contribution < 1.29 is 19.4 Å². The number of hydrogen-bond donors (Lipinski definition) is 3. The molecule has 0 unspecified atom stereocenters. The average molecular weight is 314 g/mol. The summed E-state index contributed by atoms with van der Waals surface area (Å²) in [7, 11) is 1.53. The molecular formula is C17H18N2O4. The Hall–Kier alpha value is -3.02. The highest BCUT2D eigenvalue weighted by molar-refractivity contribution is 5.89. The second-order valence-corrected chi connectivity index (χ2v) is 4.89. The molecule has 0 radical (unpaired) electrons. The molecule has 0 saturated heterocycles. The first-order valence-corrected chi connectivity index (χ1v) is 7.07. The Balaban J connectivity index is 2.11. The molecule has 0 aliphatic carbocycles. The number of carboxylic acid groups (broad SMARTS) is 1. The van der Waals surface area contributed by atoms with Crippen LogP contribution in [0.4, 0.5) is 10.5 Å². The summed E-state index contributed by atoms with van der Waals surface area (Å²) in [6.45, 7) is 0. The van der Waals surface area contributed by atoms with E-state index < -0.39 is 18.0 Å². The highest BCUT2D eigenvalue weighted by Gasteiger charge is 2.18. The molecule has 6 nitrogen and oxygen atoms in total. The number of para-hydroxylation sites is 1. The van der Waals surface area contributed by atoms with Gasteiger partial charge in [-0.15, -0.1) is 0 Å². The number of nitrogens with one attached hydrogen (secondary N) is 2. The third-order valence-corrected chi connectivity index (χ3v) is 3.21. The van der Waals surface area contributed by atoms with Crippen LogP contribution in [0.5, 0.6) is 5.75 Å². The molecule has 2 rings (SSSR count). The van der Waals surface area contributed by atoms with Gasteiger partial charge in [-0.25, -0.2) is 4.79 Å². The van der Waals surface area contributed by atoms with Crippen molar-refractivity contribution in [2.75, 3.05) is 12.4 Å². The van der Waals surface area contributed by atoms with Gasteiger partial charge < -0.3 is 20.5 Å². The molecule has 2 aromatic carbocycles. The first kappa shape index (κ1) is 16.4. The van der Waals surface area contributed by atoms with Crippen molar-refractivity contribution >= 4 is 17.7 Å². The summed E-state index contributed by atoms with van der Waals surface area (Å²) < 4.78 is 5.13. The van der Waals surface area contributed by atoms with E-state index in [4.69, 9.17) is 9.84 Å². The minimum atomic E-state index is -1.00. The third-order valence-electron chi connectivity index (χ3n) is 3.21. The Labute approximate surface area is 134 Å². The van der Waals surface area contributed by atoms with Gasteiger partial charge >= 0.3 is 12.0 Å². The molecule has 0 heterocycles. The summed E-state index contributed by atoms with van der Waals surface area (Å²) >= 11 is 0. The van der Waals surface area contributed by atoms with Crippen LogP contribution in [0.1, 0.15) is 18.0 Å². The van der Waals surface area contributed by atoms with Gasteiger partial charge in [0.15, 0.2) is 0 Å². The summed E-state index contributed by atoms with van der Waals surface area (Å²) in [5.41, 5.74) is 1.29. The second-order valence-electron chi connectivity index (χ2n) is 4.89. The zero-order chi connectivity index (χ0) is 16.7. The Morgan fingerprint density at radius 1 is 1.13 bits per heavy atom. The summed E-state index contributed by atoms with van der Waals surface area (Å²) in [5, 5.41) is 14.4. The van der Waals surface area contributed by atoms with Crippen molar-refractivity contribution in [3.05, 3.63) is 60.2 Å². The van der Waals surface area contributed by atoms with Crippen molar-refractivity contribution in [3.63, 3.8) is 0 Å². The quantitative estimate of drug-likeness (QED) is 0.765. The third kappa shape index (κ3) is 5.03. The van der Waals surface area contributed by atoms with Gasteiger partial charge in [0, 0.05) is 5.69 Å². The number of benzene rings is 2. The number of aliphatic carboxylic acids is 1. The number of anilines is 1. The normalized spacial score (nSPS) is 11.3. The van der Waals surface area contributed by atoms with Gasteiger partial charge in [0.05, 0.1) is 19.6 Å². The predicted octanol–water partition coefficient (Wildman–Crippen LogP) is 3.03. The molecule has 2 amide bonds. The highest BCUT2D eigenvalue weighted by Crippen LogP contribution is 2.22. The fourth-order valence-electron chi connectivity index (χ4n) is 2.13. The van der Waals surface area contributed by atoms with Crippen LogP contribution in [0, 0.1) is 0 Å². The van der Waals surface area contributed by atoms with Crippen LogP contribution < -0.4 is 15.4 Å². The molecule has 0 fully saturated rings. The molecule has 0 aliphatic heterocycles. The minimum absolute atomic E-state index is 0.227. The van der Waals surface area contributed by atoms with E-state index in [0.29, 0.717) is 17.0 Å². The molecule has 2 aromatic rings. The zero-order valence-electron chi connectivity index (χ0n) is 12.7. The van der Waals surface area contributed by atoms with Gasteiger partial charge in [0.2, 0.25) is 0 Å². The van der Waals surface area contributed by atoms with Gasteiger partial charge in [-0.1, -0.05) is 30.3 Å². The lowest BCUT2D eigenvalue weighted by atomic mass is 10.0. The number of rotatable bonds is 6. The maximum absolute atomic E-state index is 12.1. The number of carbonyl (C=O) groups is 2. The Morgan fingerprint density at radius 2 is 1.87 bits per heavy atom. The molecule has 23 heavy (non-hydrogen) atoms. The van der Waals surface area contributed by atoms with Crippen molar-refractivity contribution in [2.24, 2.45) is 0 Å². The summed E-state index contributed by atoms with van der Waals surface area (Å²) in [5.74, 6) is -0.402. The minimum Gasteiger partial charge on any atom is -0.497 e. The molecule has 0 spiro atoms. The average Bonchev–Trinajstić information content (AvgIpc) is 2.54. The molecule has 120 valence electrons. The molecular weight excluding hydrogens is 296 g/mol. The first-order chi connectivity index (χ1) is 11.1. The van der Waals surface area contributed by atoms with Crippen molar-refractivity contribution in [3.8, 4) is 5.75 Å².